The highest BCUT2D eigenvalue weighted by molar-refractivity contribution is 6.17. The van der Waals surface area contributed by atoms with E-state index in [1.165, 1.54) is 12.7 Å². The lowest BCUT2D eigenvalue weighted by molar-refractivity contribution is -0.133. The molecular weight excluding hydrogens is 354 g/mol. The molecule has 0 aromatic heterocycles. The van der Waals surface area contributed by atoms with Gasteiger partial charge in [0.05, 0.1) is 25.9 Å². The van der Waals surface area contributed by atoms with Gasteiger partial charge in [0.1, 0.15) is 0 Å². The zero-order valence-corrected chi connectivity index (χ0v) is 16.7. The lowest BCUT2D eigenvalue weighted by Gasteiger charge is -2.19. The Kier molecular flexibility index (Phi) is 6.58. The van der Waals surface area contributed by atoms with Crippen LogP contribution in [0, 0.1) is 0 Å². The lowest BCUT2D eigenvalue weighted by atomic mass is 9.98. The normalized spacial score (nSPS) is 13.2. The Morgan fingerprint density at radius 2 is 1.71 bits per heavy atom. The molecular formula is C23H27NO4. The number of benzene rings is 2. The molecule has 0 amide bonds. The van der Waals surface area contributed by atoms with E-state index >= 15 is 0 Å². The van der Waals surface area contributed by atoms with E-state index in [4.69, 9.17) is 14.2 Å². The molecule has 0 N–H and O–H groups in total. The first kappa shape index (κ1) is 19.8. The van der Waals surface area contributed by atoms with Crippen LogP contribution in [0.2, 0.25) is 0 Å². The standard InChI is InChI=1S/C23H27NO4/c1-4-27-21-13-18-11-12-24(15-17-9-7-6-8-10-17)16-20(23(25)26-3)19(18)14-22(21)28-5-2/h6-10,13-14,16H,4-5,11-12,15H2,1-3H3. The lowest BCUT2D eigenvalue weighted by Crippen LogP contribution is -2.19. The van der Waals surface area contributed by atoms with Crippen LogP contribution < -0.4 is 9.47 Å². The van der Waals surface area contributed by atoms with Crippen LogP contribution >= 0.6 is 0 Å². The van der Waals surface area contributed by atoms with E-state index in [0.29, 0.717) is 30.3 Å². The monoisotopic (exact) mass is 381 g/mol. The molecule has 2 aromatic rings. The maximum absolute atomic E-state index is 12.6. The number of rotatable bonds is 7. The third-order valence-electron chi connectivity index (χ3n) is 4.67. The van der Waals surface area contributed by atoms with Crippen molar-refractivity contribution in [1.82, 2.24) is 4.90 Å². The molecule has 3 rings (SSSR count). The summed E-state index contributed by atoms with van der Waals surface area (Å²) in [7, 11) is 1.41. The number of hydrogen-bond acceptors (Lipinski definition) is 5. The zero-order valence-electron chi connectivity index (χ0n) is 16.7. The van der Waals surface area contributed by atoms with E-state index < -0.39 is 0 Å². The molecule has 0 spiro atoms. The number of esters is 1. The zero-order chi connectivity index (χ0) is 19.9. The Morgan fingerprint density at radius 3 is 2.36 bits per heavy atom. The fourth-order valence-electron chi connectivity index (χ4n) is 3.39. The molecule has 28 heavy (non-hydrogen) atoms. The fraction of sp³-hybridized carbons (Fsp3) is 0.348. The maximum atomic E-state index is 12.6. The Morgan fingerprint density at radius 1 is 1.04 bits per heavy atom. The summed E-state index contributed by atoms with van der Waals surface area (Å²) in [5.74, 6) is 1.01. The summed E-state index contributed by atoms with van der Waals surface area (Å²) in [6.07, 6.45) is 2.70. The number of carbonyl (C=O) groups is 1. The molecule has 0 aliphatic carbocycles. The SMILES string of the molecule is CCOc1cc2c(cc1OCC)C(C(=O)OC)=CN(Cc1ccccc1)CC2. The smallest absolute Gasteiger partial charge is 0.339 e. The van der Waals surface area contributed by atoms with Gasteiger partial charge in [0, 0.05) is 19.3 Å². The van der Waals surface area contributed by atoms with E-state index in [-0.39, 0.29) is 5.97 Å². The molecule has 148 valence electrons. The van der Waals surface area contributed by atoms with Gasteiger partial charge >= 0.3 is 5.97 Å². The molecule has 0 bridgehead atoms. The summed E-state index contributed by atoms with van der Waals surface area (Å²) < 4.78 is 16.6. The van der Waals surface area contributed by atoms with E-state index in [9.17, 15) is 4.79 Å². The maximum Gasteiger partial charge on any atom is 0.339 e. The molecule has 0 saturated heterocycles. The quantitative estimate of drug-likeness (QED) is 0.677. The van der Waals surface area contributed by atoms with E-state index in [1.807, 2.05) is 50.4 Å². The summed E-state index contributed by atoms with van der Waals surface area (Å²) in [5, 5.41) is 0. The fourth-order valence-corrected chi connectivity index (χ4v) is 3.39. The number of nitrogens with zero attached hydrogens (tertiary/aromatic N) is 1. The van der Waals surface area contributed by atoms with Gasteiger partial charge in [0.25, 0.3) is 0 Å². The van der Waals surface area contributed by atoms with Crippen LogP contribution in [0.15, 0.2) is 48.7 Å². The van der Waals surface area contributed by atoms with Gasteiger partial charge in [-0.25, -0.2) is 4.79 Å². The van der Waals surface area contributed by atoms with E-state index in [1.54, 1.807) is 0 Å². The molecule has 0 unspecified atom stereocenters. The van der Waals surface area contributed by atoms with Gasteiger partial charge in [-0.15, -0.1) is 0 Å². The minimum atomic E-state index is -0.354. The highest BCUT2D eigenvalue weighted by Crippen LogP contribution is 2.36. The average Bonchev–Trinajstić information content (AvgIpc) is 2.88. The second-order valence-electron chi connectivity index (χ2n) is 6.56. The van der Waals surface area contributed by atoms with Crippen molar-refractivity contribution >= 4 is 11.5 Å². The van der Waals surface area contributed by atoms with Gasteiger partial charge in [0.15, 0.2) is 11.5 Å². The predicted molar refractivity (Wildman–Crippen MR) is 109 cm³/mol. The van der Waals surface area contributed by atoms with Gasteiger partial charge in [-0.05, 0) is 49.1 Å². The molecule has 0 radical (unpaired) electrons. The Balaban J connectivity index is 2.01. The first-order valence-corrected chi connectivity index (χ1v) is 9.67. The second kappa shape index (κ2) is 9.31. The average molecular weight is 381 g/mol. The molecule has 0 saturated carbocycles. The van der Waals surface area contributed by atoms with Crippen LogP contribution in [0.25, 0.3) is 5.57 Å². The molecule has 2 aromatic carbocycles. The number of methoxy groups -OCH3 is 1. The summed E-state index contributed by atoms with van der Waals surface area (Å²) in [6.45, 7) is 6.48. The van der Waals surface area contributed by atoms with Gasteiger partial charge in [-0.3, -0.25) is 0 Å². The largest absolute Gasteiger partial charge is 0.490 e. The van der Waals surface area contributed by atoms with Gasteiger partial charge < -0.3 is 19.1 Å². The van der Waals surface area contributed by atoms with Crippen LogP contribution in [0.4, 0.5) is 0 Å². The highest BCUT2D eigenvalue weighted by atomic mass is 16.5. The number of carbonyl (C=O) groups excluding carboxylic acids is 1. The summed E-state index contributed by atoms with van der Waals surface area (Å²) in [5.41, 5.74) is 3.63. The second-order valence-corrected chi connectivity index (χ2v) is 6.56. The van der Waals surface area contributed by atoms with Crippen LogP contribution in [-0.2, 0) is 22.5 Å². The summed E-state index contributed by atoms with van der Waals surface area (Å²) in [6, 6.07) is 14.1. The van der Waals surface area contributed by atoms with Crippen molar-refractivity contribution in [2.75, 3.05) is 26.9 Å². The third kappa shape index (κ3) is 4.47. The summed E-state index contributed by atoms with van der Waals surface area (Å²) >= 11 is 0. The van der Waals surface area contributed by atoms with Crippen molar-refractivity contribution < 1.29 is 19.0 Å². The first-order chi connectivity index (χ1) is 13.7. The first-order valence-electron chi connectivity index (χ1n) is 9.67. The van der Waals surface area contributed by atoms with Gasteiger partial charge in [-0.2, -0.15) is 0 Å². The van der Waals surface area contributed by atoms with Crippen LogP contribution in [0.1, 0.15) is 30.5 Å². The van der Waals surface area contributed by atoms with Crippen molar-refractivity contribution in [2.45, 2.75) is 26.8 Å². The van der Waals surface area contributed by atoms with Gasteiger partial charge in [-0.1, -0.05) is 30.3 Å². The molecule has 1 aliphatic heterocycles. The van der Waals surface area contributed by atoms with Gasteiger partial charge in [0.2, 0.25) is 0 Å². The number of hydrogen-bond donors (Lipinski definition) is 0. The molecule has 5 heteroatoms. The predicted octanol–water partition coefficient (Wildman–Crippen LogP) is 4.06. The molecule has 5 nitrogen and oxygen atoms in total. The Bertz CT molecular complexity index is 845. The van der Waals surface area contributed by atoms with Crippen LogP contribution in [0.3, 0.4) is 0 Å². The van der Waals surface area contributed by atoms with Crippen molar-refractivity contribution in [2.24, 2.45) is 0 Å². The van der Waals surface area contributed by atoms with Crippen LogP contribution in [0.5, 0.6) is 11.5 Å². The van der Waals surface area contributed by atoms with Crippen molar-refractivity contribution in [3.8, 4) is 11.5 Å². The van der Waals surface area contributed by atoms with Crippen molar-refractivity contribution in [3.63, 3.8) is 0 Å². The third-order valence-corrected chi connectivity index (χ3v) is 4.67. The topological polar surface area (TPSA) is 48.0 Å². The van der Waals surface area contributed by atoms with E-state index in [2.05, 4.69) is 17.0 Å². The molecule has 0 fully saturated rings. The van der Waals surface area contributed by atoms with E-state index in [0.717, 1.165) is 30.6 Å². The minimum Gasteiger partial charge on any atom is -0.490 e. The van der Waals surface area contributed by atoms with Crippen molar-refractivity contribution in [3.05, 3.63) is 65.4 Å². The Hall–Kier alpha value is -2.95. The van der Waals surface area contributed by atoms with Crippen LogP contribution in [-0.4, -0.2) is 37.7 Å². The number of ether oxygens (including phenoxy) is 3. The number of fused-ring (bicyclic) bond motifs is 1. The molecule has 1 heterocycles. The molecule has 1 aliphatic rings. The Labute approximate surface area is 166 Å². The minimum absolute atomic E-state index is 0.354. The van der Waals surface area contributed by atoms with Crippen molar-refractivity contribution in [1.29, 1.82) is 0 Å². The highest BCUT2D eigenvalue weighted by Gasteiger charge is 2.24. The molecule has 0 atom stereocenters. The summed E-state index contributed by atoms with van der Waals surface area (Å²) in [4.78, 5) is 14.7.